The number of aliphatic hydroxyl groups is 1. The van der Waals surface area contributed by atoms with Gasteiger partial charge in [-0.15, -0.1) is 0 Å². The minimum absolute atomic E-state index is 0.0882. The molecule has 574 valence electrons. The lowest BCUT2D eigenvalue weighted by molar-refractivity contribution is -0.161. The summed E-state index contributed by atoms with van der Waals surface area (Å²) in [7, 11) is -9.94. The summed E-state index contributed by atoms with van der Waals surface area (Å²) in [5.41, 5.74) is 0. The van der Waals surface area contributed by atoms with Gasteiger partial charge >= 0.3 is 39.5 Å². The number of carbonyl (C=O) groups is 4. The molecule has 0 heterocycles. The fraction of sp³-hybridized carbons (Fsp3) is 0.848. The first kappa shape index (κ1) is 95.0. The number of unbranched alkanes of at least 4 members (excludes halogenated alkanes) is 42. The molecule has 0 rings (SSSR count). The Hall–Kier alpha value is -2.98. The number of hydrogen-bond donors (Lipinski definition) is 3. The van der Waals surface area contributed by atoms with E-state index in [0.29, 0.717) is 25.7 Å². The highest BCUT2D eigenvalue weighted by molar-refractivity contribution is 7.47. The third kappa shape index (κ3) is 71.4. The summed E-state index contributed by atoms with van der Waals surface area (Å²) in [6.45, 7) is 4.88. The molecule has 2 unspecified atom stereocenters. The van der Waals surface area contributed by atoms with Gasteiger partial charge in [-0.05, 0) is 128 Å². The average Bonchev–Trinajstić information content (AvgIpc) is 0.977. The maximum atomic E-state index is 13.1. The molecule has 0 bridgehead atoms. The van der Waals surface area contributed by atoms with E-state index in [9.17, 15) is 43.2 Å². The lowest BCUT2D eigenvalue weighted by atomic mass is 10.1. The Balaban J connectivity index is 5.34. The molecule has 0 fully saturated rings. The number of hydrogen-bond acceptors (Lipinski definition) is 15. The van der Waals surface area contributed by atoms with Crippen LogP contribution in [0.5, 0.6) is 0 Å². The van der Waals surface area contributed by atoms with Crippen molar-refractivity contribution in [2.75, 3.05) is 39.6 Å². The van der Waals surface area contributed by atoms with Crippen molar-refractivity contribution in [2.24, 2.45) is 0 Å². The van der Waals surface area contributed by atoms with Crippen LogP contribution in [0.15, 0.2) is 48.6 Å². The van der Waals surface area contributed by atoms with E-state index in [4.69, 9.17) is 37.0 Å². The molecule has 5 atom stereocenters. The van der Waals surface area contributed by atoms with Crippen LogP contribution in [0.2, 0.25) is 0 Å². The smallest absolute Gasteiger partial charge is 0.462 e. The minimum atomic E-state index is -4.97. The number of esters is 4. The molecule has 0 saturated heterocycles. The van der Waals surface area contributed by atoms with E-state index >= 15 is 0 Å². The van der Waals surface area contributed by atoms with Crippen LogP contribution in [0.25, 0.3) is 0 Å². The predicted molar refractivity (Wildman–Crippen MR) is 400 cm³/mol. The molecule has 0 saturated carbocycles. The van der Waals surface area contributed by atoms with E-state index in [1.807, 2.05) is 0 Å². The molecule has 0 aromatic heterocycles. The summed E-state index contributed by atoms with van der Waals surface area (Å²) < 4.78 is 68.6. The first-order valence-corrected chi connectivity index (χ1v) is 42.9. The van der Waals surface area contributed by atoms with Gasteiger partial charge in [-0.1, -0.05) is 269 Å². The molecule has 19 heteroatoms. The molecule has 3 N–H and O–H groups in total. The van der Waals surface area contributed by atoms with E-state index in [1.54, 1.807) is 0 Å². The van der Waals surface area contributed by atoms with Crippen LogP contribution < -0.4 is 0 Å². The van der Waals surface area contributed by atoms with E-state index in [1.165, 1.54) is 141 Å². The van der Waals surface area contributed by atoms with Crippen molar-refractivity contribution in [3.05, 3.63) is 48.6 Å². The molecule has 0 spiro atoms. The Labute approximate surface area is 597 Å². The van der Waals surface area contributed by atoms with Gasteiger partial charge < -0.3 is 33.8 Å². The van der Waals surface area contributed by atoms with Crippen molar-refractivity contribution in [2.45, 2.75) is 393 Å². The standard InChI is InChI=1S/C79H146O17P2/c1-5-9-13-17-21-25-29-33-36-40-44-48-52-56-60-64-77(82)90-70-75(96-79(84)66-62-58-54-50-46-42-38-35-31-27-23-19-15-11-7-3)72-94-98(87,88)92-68-73(80)67-91-97(85,86)93-71-74(69-89-76(81)63-59-55-51-47-43-39-32-28-24-20-16-12-8-4)95-78(83)65-61-57-53-49-45-41-37-34-30-26-22-18-14-10-6-2/h28,32-38,73-75,80H,5-27,29-31,39-72H2,1-4H3,(H,85,86)(H,87,88)/b32-28-,36-33-,37-34-,38-35-/t73-,74+,75+/m0/s1. The average molecular weight is 1430 g/mol. The maximum Gasteiger partial charge on any atom is 0.472 e. The predicted octanol–water partition coefficient (Wildman–Crippen LogP) is 22.9. The third-order valence-corrected chi connectivity index (χ3v) is 19.1. The number of phosphoric ester groups is 2. The normalized spacial score (nSPS) is 14.2. The molecule has 17 nitrogen and oxygen atoms in total. The quantitative estimate of drug-likeness (QED) is 0.0169. The highest BCUT2D eigenvalue weighted by Crippen LogP contribution is 2.45. The van der Waals surface area contributed by atoms with Crippen molar-refractivity contribution >= 4 is 39.5 Å². The fourth-order valence-corrected chi connectivity index (χ4v) is 12.7. The van der Waals surface area contributed by atoms with E-state index in [0.717, 1.165) is 154 Å². The Kier molecular flexibility index (Phi) is 70.2. The zero-order valence-electron chi connectivity index (χ0n) is 62.7. The molecule has 0 aromatic rings. The second kappa shape index (κ2) is 72.4. The van der Waals surface area contributed by atoms with Crippen LogP contribution in [-0.2, 0) is 65.4 Å². The molecular formula is C79H146O17P2. The Bertz CT molecular complexity index is 2050. The molecule has 0 radical (unpaired) electrons. The summed E-state index contributed by atoms with van der Waals surface area (Å²) in [4.78, 5) is 72.9. The van der Waals surface area contributed by atoms with Crippen LogP contribution in [0.4, 0.5) is 0 Å². The lowest BCUT2D eigenvalue weighted by Gasteiger charge is -2.21. The second-order valence-electron chi connectivity index (χ2n) is 27.0. The maximum absolute atomic E-state index is 13.1. The van der Waals surface area contributed by atoms with Crippen molar-refractivity contribution in [3.63, 3.8) is 0 Å². The van der Waals surface area contributed by atoms with Crippen molar-refractivity contribution < 1.29 is 80.2 Å². The Morgan fingerprint density at radius 1 is 0.276 bits per heavy atom. The largest absolute Gasteiger partial charge is 0.472 e. The van der Waals surface area contributed by atoms with Gasteiger partial charge in [0.25, 0.3) is 0 Å². The highest BCUT2D eigenvalue weighted by Gasteiger charge is 2.30. The third-order valence-electron chi connectivity index (χ3n) is 17.2. The monoisotopic (exact) mass is 1430 g/mol. The first-order valence-electron chi connectivity index (χ1n) is 39.9. The van der Waals surface area contributed by atoms with Crippen LogP contribution in [0.1, 0.15) is 374 Å². The zero-order valence-corrected chi connectivity index (χ0v) is 64.5. The lowest BCUT2D eigenvalue weighted by Crippen LogP contribution is -2.30. The van der Waals surface area contributed by atoms with Crippen LogP contribution in [-0.4, -0.2) is 96.7 Å². The number of phosphoric acid groups is 2. The second-order valence-corrected chi connectivity index (χ2v) is 29.9. The molecule has 0 amide bonds. The summed E-state index contributed by atoms with van der Waals surface area (Å²) in [6.07, 6.45) is 69.4. The van der Waals surface area contributed by atoms with Crippen LogP contribution in [0, 0.1) is 0 Å². The van der Waals surface area contributed by atoms with E-state index in [-0.39, 0.29) is 25.7 Å². The van der Waals surface area contributed by atoms with E-state index < -0.39 is 97.5 Å². The van der Waals surface area contributed by atoms with Gasteiger partial charge in [0.1, 0.15) is 19.3 Å². The number of aliphatic hydroxyl groups excluding tert-OH is 1. The van der Waals surface area contributed by atoms with Crippen LogP contribution in [0.3, 0.4) is 0 Å². The van der Waals surface area contributed by atoms with Crippen molar-refractivity contribution in [3.8, 4) is 0 Å². The molecule has 0 aliphatic carbocycles. The highest BCUT2D eigenvalue weighted by atomic mass is 31.2. The number of carbonyl (C=O) groups excluding carboxylic acids is 4. The SMILES string of the molecule is CCCCCC/C=C\CCCCCCCC(=O)OC[C@H](COP(=O)(O)OC[C@H](O)COP(=O)(O)OC[C@@H](COC(=O)CCCCCCC/C=C\CCCCCCCC)OC(=O)CCCCCCC/C=C\CCCCCCCC)OC(=O)CCCCCCC/C=C\CCCCCCCC. The zero-order chi connectivity index (χ0) is 71.8. The van der Waals surface area contributed by atoms with Crippen molar-refractivity contribution in [1.29, 1.82) is 0 Å². The van der Waals surface area contributed by atoms with Gasteiger partial charge in [0, 0.05) is 25.7 Å². The number of ether oxygens (including phenoxy) is 4. The summed E-state index contributed by atoms with van der Waals surface area (Å²) in [5, 5.41) is 10.6. The summed E-state index contributed by atoms with van der Waals surface area (Å²) in [5.74, 6) is -2.18. The van der Waals surface area contributed by atoms with Gasteiger partial charge in [0.15, 0.2) is 12.2 Å². The first-order chi connectivity index (χ1) is 47.7. The Morgan fingerprint density at radius 3 is 0.714 bits per heavy atom. The molecular weight excluding hydrogens is 1280 g/mol. The molecule has 0 aliphatic rings. The van der Waals surface area contributed by atoms with Gasteiger partial charge in [0.05, 0.1) is 26.4 Å². The van der Waals surface area contributed by atoms with Gasteiger partial charge in [-0.25, -0.2) is 9.13 Å². The Morgan fingerprint density at radius 2 is 0.469 bits per heavy atom. The van der Waals surface area contributed by atoms with Gasteiger partial charge in [0.2, 0.25) is 0 Å². The van der Waals surface area contributed by atoms with E-state index in [2.05, 4.69) is 76.3 Å². The number of allylic oxidation sites excluding steroid dienone is 8. The summed E-state index contributed by atoms with van der Waals surface area (Å²) in [6, 6.07) is 0. The molecule has 0 aliphatic heterocycles. The topological polar surface area (TPSA) is 237 Å². The van der Waals surface area contributed by atoms with Crippen LogP contribution >= 0.6 is 15.6 Å². The van der Waals surface area contributed by atoms with Crippen molar-refractivity contribution in [1.82, 2.24) is 0 Å². The molecule has 98 heavy (non-hydrogen) atoms. The minimum Gasteiger partial charge on any atom is -0.462 e. The summed E-state index contributed by atoms with van der Waals surface area (Å²) >= 11 is 0. The number of rotatable bonds is 76. The fourth-order valence-electron chi connectivity index (χ4n) is 11.1. The van der Waals surface area contributed by atoms with Gasteiger partial charge in [-0.2, -0.15) is 0 Å². The molecule has 0 aromatic carbocycles. The van der Waals surface area contributed by atoms with Gasteiger partial charge in [-0.3, -0.25) is 37.3 Å².